The number of benzene rings is 1. The summed E-state index contributed by atoms with van der Waals surface area (Å²) in [5.41, 5.74) is 2.39. The molecule has 1 unspecified atom stereocenters. The Morgan fingerprint density at radius 1 is 1.03 bits per heavy atom. The Morgan fingerprint density at radius 2 is 1.70 bits per heavy atom. The van der Waals surface area contributed by atoms with Crippen LogP contribution in [0.2, 0.25) is 0 Å². The van der Waals surface area contributed by atoms with E-state index in [0.717, 1.165) is 11.3 Å². The molecule has 0 radical (unpaired) electrons. The van der Waals surface area contributed by atoms with Gasteiger partial charge in [-0.1, -0.05) is 36.8 Å². The van der Waals surface area contributed by atoms with Crippen molar-refractivity contribution in [3.05, 3.63) is 35.4 Å². The predicted molar refractivity (Wildman–Crippen MR) is 111 cm³/mol. The molecule has 0 aliphatic carbocycles. The molecular formula is C22H31N3O5. The summed E-state index contributed by atoms with van der Waals surface area (Å²) >= 11 is 0. The first kappa shape index (κ1) is 23.5. The third-order valence-electron chi connectivity index (χ3n) is 4.93. The van der Waals surface area contributed by atoms with Gasteiger partial charge in [-0.2, -0.15) is 0 Å². The van der Waals surface area contributed by atoms with Gasteiger partial charge in [0.05, 0.1) is 13.2 Å². The number of ether oxygens (including phenoxy) is 1. The zero-order chi connectivity index (χ0) is 21.9. The minimum absolute atomic E-state index is 0.0691. The first-order chi connectivity index (χ1) is 14.4. The van der Waals surface area contributed by atoms with E-state index in [0.29, 0.717) is 19.7 Å². The average Bonchev–Trinajstić information content (AvgIpc) is 2.95. The van der Waals surface area contributed by atoms with E-state index in [-0.39, 0.29) is 62.0 Å². The summed E-state index contributed by atoms with van der Waals surface area (Å²) in [4.78, 5) is 48.2. The molecule has 2 N–H and O–H groups in total. The molecule has 2 rings (SSSR count). The van der Waals surface area contributed by atoms with Crippen molar-refractivity contribution in [3.63, 3.8) is 0 Å². The van der Waals surface area contributed by atoms with E-state index in [4.69, 9.17) is 4.74 Å². The Morgan fingerprint density at radius 3 is 2.37 bits per heavy atom. The van der Waals surface area contributed by atoms with Crippen LogP contribution in [0.3, 0.4) is 0 Å². The van der Waals surface area contributed by atoms with Gasteiger partial charge in [-0.25, -0.2) is 0 Å². The Kier molecular flexibility index (Phi) is 9.47. The van der Waals surface area contributed by atoms with E-state index in [1.165, 1.54) is 11.1 Å². The van der Waals surface area contributed by atoms with Gasteiger partial charge in [0, 0.05) is 44.8 Å². The Labute approximate surface area is 177 Å². The first-order valence-electron chi connectivity index (χ1n) is 10.4. The van der Waals surface area contributed by atoms with Crippen LogP contribution in [0.25, 0.3) is 0 Å². The Balaban J connectivity index is 1.45. The number of nitrogens with zero attached hydrogens (tertiary/aromatic N) is 1. The molecule has 8 heteroatoms. The van der Waals surface area contributed by atoms with Crippen molar-refractivity contribution in [3.8, 4) is 0 Å². The molecule has 1 atom stereocenters. The minimum atomic E-state index is -0.297. The highest BCUT2D eigenvalue weighted by Gasteiger charge is 2.35. The fourth-order valence-electron chi connectivity index (χ4n) is 3.10. The lowest BCUT2D eigenvalue weighted by Gasteiger charge is -2.14. The standard InChI is InChI=1S/C22H31N3O5/c1-16-3-5-18(6-4-16)7-10-23-20(27)9-13-30-14-11-24-19(26)8-12-25-21(28)15-17(2)22(25)29/h3-6,17H,7-15H2,1-2H3,(H,23,27)(H,24,26). The maximum atomic E-state index is 11.8. The zero-order valence-corrected chi connectivity index (χ0v) is 17.7. The summed E-state index contributed by atoms with van der Waals surface area (Å²) in [7, 11) is 0. The molecule has 1 saturated heterocycles. The van der Waals surface area contributed by atoms with Gasteiger partial charge < -0.3 is 15.4 Å². The highest BCUT2D eigenvalue weighted by Crippen LogP contribution is 2.18. The normalized spacial score (nSPS) is 16.1. The molecule has 1 aliphatic heterocycles. The molecular weight excluding hydrogens is 386 g/mol. The summed E-state index contributed by atoms with van der Waals surface area (Å²) < 4.78 is 5.36. The molecule has 1 aliphatic rings. The van der Waals surface area contributed by atoms with Gasteiger partial charge in [-0.15, -0.1) is 0 Å². The van der Waals surface area contributed by atoms with E-state index in [1.807, 2.05) is 6.92 Å². The average molecular weight is 418 g/mol. The van der Waals surface area contributed by atoms with Gasteiger partial charge >= 0.3 is 0 Å². The number of aryl methyl sites for hydroxylation is 1. The van der Waals surface area contributed by atoms with Gasteiger partial charge in [-0.05, 0) is 18.9 Å². The smallest absolute Gasteiger partial charge is 0.232 e. The van der Waals surface area contributed by atoms with Crippen LogP contribution >= 0.6 is 0 Å². The lowest BCUT2D eigenvalue weighted by atomic mass is 10.1. The summed E-state index contributed by atoms with van der Waals surface area (Å²) in [5, 5.41) is 5.54. The van der Waals surface area contributed by atoms with Crippen LogP contribution in [-0.4, -0.2) is 61.4 Å². The number of likely N-dealkylation sites (tertiary alicyclic amines) is 1. The number of imide groups is 1. The number of carbonyl (C=O) groups excluding carboxylic acids is 4. The van der Waals surface area contributed by atoms with Crippen molar-refractivity contribution in [2.75, 3.05) is 32.8 Å². The molecule has 0 spiro atoms. The van der Waals surface area contributed by atoms with Gasteiger partial charge in [0.15, 0.2) is 0 Å². The van der Waals surface area contributed by atoms with Crippen molar-refractivity contribution in [2.45, 2.75) is 39.5 Å². The maximum absolute atomic E-state index is 11.8. The van der Waals surface area contributed by atoms with Crippen molar-refractivity contribution in [1.29, 1.82) is 0 Å². The Hall–Kier alpha value is -2.74. The molecule has 30 heavy (non-hydrogen) atoms. The predicted octanol–water partition coefficient (Wildman–Crippen LogP) is 0.962. The summed E-state index contributed by atoms with van der Waals surface area (Å²) in [5.74, 6) is -1.05. The van der Waals surface area contributed by atoms with Crippen LogP contribution in [0.4, 0.5) is 0 Å². The van der Waals surface area contributed by atoms with Gasteiger partial charge in [-0.3, -0.25) is 24.1 Å². The maximum Gasteiger partial charge on any atom is 0.232 e. The summed E-state index contributed by atoms with van der Waals surface area (Å²) in [6.07, 6.45) is 1.34. The number of carbonyl (C=O) groups is 4. The highest BCUT2D eigenvalue weighted by molar-refractivity contribution is 6.03. The lowest BCUT2D eigenvalue weighted by molar-refractivity contribution is -0.139. The first-order valence-corrected chi connectivity index (χ1v) is 10.4. The molecule has 1 aromatic rings. The fourth-order valence-corrected chi connectivity index (χ4v) is 3.10. The molecule has 8 nitrogen and oxygen atoms in total. The number of hydrogen-bond donors (Lipinski definition) is 2. The van der Waals surface area contributed by atoms with Crippen molar-refractivity contribution in [1.82, 2.24) is 15.5 Å². The second-order valence-corrected chi connectivity index (χ2v) is 7.54. The van der Waals surface area contributed by atoms with Crippen LogP contribution in [-0.2, 0) is 30.3 Å². The number of amides is 4. The van der Waals surface area contributed by atoms with Crippen LogP contribution in [0.15, 0.2) is 24.3 Å². The topological polar surface area (TPSA) is 105 Å². The third kappa shape index (κ3) is 7.94. The van der Waals surface area contributed by atoms with Crippen molar-refractivity contribution >= 4 is 23.6 Å². The van der Waals surface area contributed by atoms with E-state index in [2.05, 4.69) is 34.9 Å². The highest BCUT2D eigenvalue weighted by atomic mass is 16.5. The van der Waals surface area contributed by atoms with Crippen LogP contribution < -0.4 is 10.6 Å². The summed E-state index contributed by atoms with van der Waals surface area (Å²) in [6, 6.07) is 8.21. The van der Waals surface area contributed by atoms with Crippen LogP contribution in [0.5, 0.6) is 0 Å². The van der Waals surface area contributed by atoms with E-state index < -0.39 is 0 Å². The van der Waals surface area contributed by atoms with Gasteiger partial charge in [0.25, 0.3) is 0 Å². The number of hydrogen-bond acceptors (Lipinski definition) is 5. The lowest BCUT2D eigenvalue weighted by Crippen LogP contribution is -2.35. The van der Waals surface area contributed by atoms with E-state index in [1.54, 1.807) is 6.92 Å². The SMILES string of the molecule is Cc1ccc(CCNC(=O)CCOCCNC(=O)CCN2C(=O)CC(C)C2=O)cc1. The molecule has 1 fully saturated rings. The second kappa shape index (κ2) is 12.1. The van der Waals surface area contributed by atoms with Crippen LogP contribution in [0, 0.1) is 12.8 Å². The van der Waals surface area contributed by atoms with E-state index in [9.17, 15) is 19.2 Å². The zero-order valence-electron chi connectivity index (χ0n) is 17.7. The van der Waals surface area contributed by atoms with E-state index >= 15 is 0 Å². The van der Waals surface area contributed by atoms with Crippen molar-refractivity contribution < 1.29 is 23.9 Å². The fraction of sp³-hybridized carbons (Fsp3) is 0.545. The molecule has 0 saturated carbocycles. The molecule has 1 aromatic carbocycles. The van der Waals surface area contributed by atoms with Gasteiger partial charge in [0.2, 0.25) is 23.6 Å². The minimum Gasteiger partial charge on any atom is -0.379 e. The van der Waals surface area contributed by atoms with Crippen molar-refractivity contribution in [2.24, 2.45) is 5.92 Å². The van der Waals surface area contributed by atoms with Gasteiger partial charge in [0.1, 0.15) is 0 Å². The molecule has 164 valence electrons. The second-order valence-electron chi connectivity index (χ2n) is 7.54. The molecule has 0 bridgehead atoms. The number of rotatable bonds is 12. The third-order valence-corrected chi connectivity index (χ3v) is 4.93. The number of nitrogens with one attached hydrogen (secondary N) is 2. The monoisotopic (exact) mass is 417 g/mol. The largest absolute Gasteiger partial charge is 0.379 e. The summed E-state index contributed by atoms with van der Waals surface area (Å²) in [6.45, 7) is 5.32. The van der Waals surface area contributed by atoms with Crippen LogP contribution in [0.1, 0.15) is 37.3 Å². The molecule has 1 heterocycles. The quantitative estimate of drug-likeness (QED) is 0.389. The molecule has 0 aromatic heterocycles. The Bertz CT molecular complexity index is 748. The molecule has 4 amide bonds.